The Morgan fingerprint density at radius 1 is 1.24 bits per heavy atom. The van der Waals surface area contributed by atoms with Gasteiger partial charge in [0.2, 0.25) is 5.91 Å². The second kappa shape index (κ2) is 9.28. The number of likely N-dealkylation sites (N-methyl/N-ethyl adjacent to an activating group) is 1. The van der Waals surface area contributed by atoms with E-state index in [1.165, 1.54) is 20.2 Å². The van der Waals surface area contributed by atoms with Gasteiger partial charge in [0, 0.05) is 30.4 Å². The van der Waals surface area contributed by atoms with Gasteiger partial charge in [0.25, 0.3) is 0 Å². The highest BCUT2D eigenvalue weighted by Crippen LogP contribution is 2.33. The van der Waals surface area contributed by atoms with Crippen molar-refractivity contribution in [2.45, 2.75) is 30.2 Å². The monoisotopic (exact) mass is 425 g/mol. The maximum absolute atomic E-state index is 12.9. The predicted octanol–water partition coefficient (Wildman–Crippen LogP) is 4.86. The average molecular weight is 426 g/mol. The molecule has 0 N–H and O–H groups in total. The highest BCUT2D eigenvalue weighted by molar-refractivity contribution is 7.98. The Bertz CT molecular complexity index is 937. The summed E-state index contributed by atoms with van der Waals surface area (Å²) in [5, 5.41) is 1.17. The summed E-state index contributed by atoms with van der Waals surface area (Å²) in [6, 6.07) is 16.9. The molecular weight excluding hydrogens is 398 g/mol. The number of carbonyl (C=O) groups excluding carboxylic acids is 1. The van der Waals surface area contributed by atoms with E-state index < -0.39 is 0 Å². The zero-order valence-corrected chi connectivity index (χ0v) is 18.6. The van der Waals surface area contributed by atoms with E-state index in [2.05, 4.69) is 53.6 Å². The standard InChI is InChI=1S/C23H27N3OS2/c1-25(14-17-9-11-19(28-2)12-10-17)16-22(27)26-13-5-6-18(15-26)23-24-20-7-3-4-8-21(20)29-23/h3-4,7-12,18H,5-6,13-16H2,1-2H3/t18-/m1/s1. The molecule has 0 bridgehead atoms. The number of para-hydroxylation sites is 1. The molecule has 4 rings (SSSR count). The van der Waals surface area contributed by atoms with Gasteiger partial charge in [-0.05, 0) is 56.0 Å². The molecule has 1 aliphatic rings. The first-order chi connectivity index (χ1) is 14.1. The van der Waals surface area contributed by atoms with Crippen molar-refractivity contribution < 1.29 is 4.79 Å². The third-order valence-electron chi connectivity index (χ3n) is 5.45. The van der Waals surface area contributed by atoms with Crippen LogP contribution in [0.5, 0.6) is 0 Å². The molecule has 2 heterocycles. The van der Waals surface area contributed by atoms with Crippen molar-refractivity contribution in [3.05, 3.63) is 59.1 Å². The van der Waals surface area contributed by atoms with Crippen LogP contribution in [0.3, 0.4) is 0 Å². The summed E-state index contributed by atoms with van der Waals surface area (Å²) in [5.74, 6) is 0.577. The van der Waals surface area contributed by atoms with Crippen LogP contribution in [-0.2, 0) is 11.3 Å². The van der Waals surface area contributed by atoms with Crippen LogP contribution in [0.2, 0.25) is 0 Å². The predicted molar refractivity (Wildman–Crippen MR) is 123 cm³/mol. The molecule has 0 spiro atoms. The zero-order valence-electron chi connectivity index (χ0n) is 17.0. The average Bonchev–Trinajstić information content (AvgIpc) is 3.19. The van der Waals surface area contributed by atoms with Crippen molar-refractivity contribution in [3.8, 4) is 0 Å². The molecule has 1 aromatic heterocycles. The number of thiazole rings is 1. The summed E-state index contributed by atoms with van der Waals surface area (Å²) in [6.45, 7) is 2.89. The Morgan fingerprint density at radius 2 is 2.03 bits per heavy atom. The van der Waals surface area contributed by atoms with E-state index in [1.54, 1.807) is 23.1 Å². The quantitative estimate of drug-likeness (QED) is 0.529. The molecule has 0 radical (unpaired) electrons. The van der Waals surface area contributed by atoms with Crippen LogP contribution in [0.4, 0.5) is 0 Å². The molecule has 0 saturated carbocycles. The summed E-state index contributed by atoms with van der Waals surface area (Å²) < 4.78 is 1.23. The molecule has 0 aliphatic carbocycles. The summed E-state index contributed by atoms with van der Waals surface area (Å²) in [6.07, 6.45) is 4.24. The first-order valence-electron chi connectivity index (χ1n) is 10.1. The molecule has 1 aliphatic heterocycles. The molecule has 1 atom stereocenters. The minimum Gasteiger partial charge on any atom is -0.341 e. The van der Waals surface area contributed by atoms with Gasteiger partial charge in [0.15, 0.2) is 0 Å². The number of amides is 1. The molecule has 3 aromatic rings. The molecule has 0 unspecified atom stereocenters. The summed E-state index contributed by atoms with van der Waals surface area (Å²) in [7, 11) is 2.02. The minimum absolute atomic E-state index is 0.221. The lowest BCUT2D eigenvalue weighted by molar-refractivity contribution is -0.133. The molecule has 4 nitrogen and oxygen atoms in total. The van der Waals surface area contributed by atoms with Crippen molar-refractivity contribution in [1.82, 2.24) is 14.8 Å². The largest absolute Gasteiger partial charge is 0.341 e. The summed E-state index contributed by atoms with van der Waals surface area (Å²) in [4.78, 5) is 23.2. The van der Waals surface area contributed by atoms with Gasteiger partial charge in [0.1, 0.15) is 0 Å². The Morgan fingerprint density at radius 3 is 2.79 bits per heavy atom. The van der Waals surface area contributed by atoms with Crippen molar-refractivity contribution in [2.24, 2.45) is 0 Å². The molecule has 29 heavy (non-hydrogen) atoms. The highest BCUT2D eigenvalue weighted by atomic mass is 32.2. The van der Waals surface area contributed by atoms with E-state index in [0.717, 1.165) is 38.0 Å². The van der Waals surface area contributed by atoms with E-state index in [4.69, 9.17) is 4.98 Å². The molecule has 6 heteroatoms. The number of hydrogen-bond donors (Lipinski definition) is 0. The Balaban J connectivity index is 1.35. The van der Waals surface area contributed by atoms with Gasteiger partial charge in [-0.25, -0.2) is 4.98 Å². The van der Waals surface area contributed by atoms with Crippen molar-refractivity contribution >= 4 is 39.2 Å². The number of nitrogens with zero attached hydrogens (tertiary/aromatic N) is 3. The normalized spacial score (nSPS) is 17.2. The van der Waals surface area contributed by atoms with Gasteiger partial charge >= 0.3 is 0 Å². The number of likely N-dealkylation sites (tertiary alicyclic amines) is 1. The third-order valence-corrected chi connectivity index (χ3v) is 7.39. The van der Waals surface area contributed by atoms with Crippen LogP contribution in [0.25, 0.3) is 10.2 Å². The van der Waals surface area contributed by atoms with Gasteiger partial charge in [-0.2, -0.15) is 0 Å². The van der Waals surface area contributed by atoms with Crippen LogP contribution in [0, 0.1) is 0 Å². The second-order valence-electron chi connectivity index (χ2n) is 7.72. The summed E-state index contributed by atoms with van der Waals surface area (Å²) >= 11 is 3.52. The Hall–Kier alpha value is -1.89. The molecule has 1 amide bonds. The van der Waals surface area contributed by atoms with E-state index >= 15 is 0 Å². The molecular formula is C23H27N3OS2. The maximum atomic E-state index is 12.9. The fourth-order valence-electron chi connectivity index (χ4n) is 3.90. The fourth-order valence-corrected chi connectivity index (χ4v) is 5.40. The summed E-state index contributed by atoms with van der Waals surface area (Å²) in [5.41, 5.74) is 2.31. The number of rotatable bonds is 6. The zero-order chi connectivity index (χ0) is 20.2. The van der Waals surface area contributed by atoms with Crippen LogP contribution >= 0.6 is 23.1 Å². The van der Waals surface area contributed by atoms with Crippen LogP contribution in [0.1, 0.15) is 29.3 Å². The number of fused-ring (bicyclic) bond motifs is 1. The van der Waals surface area contributed by atoms with Gasteiger partial charge in [0.05, 0.1) is 21.8 Å². The number of carbonyl (C=O) groups is 1. The van der Waals surface area contributed by atoms with Gasteiger partial charge < -0.3 is 4.90 Å². The third kappa shape index (κ3) is 5.00. The van der Waals surface area contributed by atoms with E-state index in [9.17, 15) is 4.79 Å². The van der Waals surface area contributed by atoms with E-state index in [1.807, 2.05) is 18.0 Å². The number of benzene rings is 2. The lowest BCUT2D eigenvalue weighted by Crippen LogP contribution is -2.43. The van der Waals surface area contributed by atoms with Gasteiger partial charge in [-0.15, -0.1) is 23.1 Å². The maximum Gasteiger partial charge on any atom is 0.236 e. The topological polar surface area (TPSA) is 36.4 Å². The van der Waals surface area contributed by atoms with E-state index in [0.29, 0.717) is 12.5 Å². The lowest BCUT2D eigenvalue weighted by atomic mass is 9.98. The van der Waals surface area contributed by atoms with Crippen molar-refractivity contribution in [2.75, 3.05) is 32.9 Å². The highest BCUT2D eigenvalue weighted by Gasteiger charge is 2.27. The molecule has 152 valence electrons. The fraction of sp³-hybridized carbons (Fsp3) is 0.391. The number of aromatic nitrogens is 1. The number of piperidine rings is 1. The Kier molecular flexibility index (Phi) is 6.53. The van der Waals surface area contributed by atoms with Crippen molar-refractivity contribution in [1.29, 1.82) is 0 Å². The number of thioether (sulfide) groups is 1. The first-order valence-corrected chi connectivity index (χ1v) is 12.1. The smallest absolute Gasteiger partial charge is 0.236 e. The SMILES string of the molecule is CSc1ccc(CN(C)CC(=O)N2CCC[C@@H](c3nc4ccccc4s3)C2)cc1. The van der Waals surface area contributed by atoms with Gasteiger partial charge in [-0.1, -0.05) is 24.3 Å². The first kappa shape index (κ1) is 20.4. The lowest BCUT2D eigenvalue weighted by Gasteiger charge is -2.33. The minimum atomic E-state index is 0.221. The van der Waals surface area contributed by atoms with E-state index in [-0.39, 0.29) is 5.91 Å². The van der Waals surface area contributed by atoms with Crippen molar-refractivity contribution in [3.63, 3.8) is 0 Å². The number of hydrogen-bond acceptors (Lipinski definition) is 5. The van der Waals surface area contributed by atoms with Crippen LogP contribution in [0.15, 0.2) is 53.4 Å². The molecule has 1 saturated heterocycles. The van der Waals surface area contributed by atoms with Gasteiger partial charge in [-0.3, -0.25) is 9.69 Å². The second-order valence-corrected chi connectivity index (χ2v) is 9.66. The Labute approximate surface area is 180 Å². The van der Waals surface area contributed by atoms with Crippen LogP contribution < -0.4 is 0 Å². The van der Waals surface area contributed by atoms with Crippen LogP contribution in [-0.4, -0.2) is 53.6 Å². The molecule has 2 aromatic carbocycles. The molecule has 1 fully saturated rings.